The van der Waals surface area contributed by atoms with Gasteiger partial charge in [0.15, 0.2) is 0 Å². The maximum Gasteiger partial charge on any atom is 0.313 e. The van der Waals surface area contributed by atoms with Crippen molar-refractivity contribution < 1.29 is 9.59 Å². The highest BCUT2D eigenvalue weighted by molar-refractivity contribution is 8.03. The van der Waals surface area contributed by atoms with Gasteiger partial charge in [-0.25, -0.2) is 0 Å². The Labute approximate surface area is 132 Å². The minimum Gasteiger partial charge on any atom is -0.344 e. The van der Waals surface area contributed by atoms with E-state index in [9.17, 15) is 9.59 Å². The van der Waals surface area contributed by atoms with Gasteiger partial charge in [-0.05, 0) is 41.6 Å². The molecule has 2 N–H and O–H groups in total. The van der Waals surface area contributed by atoms with Crippen molar-refractivity contribution in [3.63, 3.8) is 0 Å². The molecule has 0 aliphatic heterocycles. The number of nitrogens with one attached hydrogen (secondary N) is 2. The van der Waals surface area contributed by atoms with Crippen LogP contribution in [0, 0.1) is 10.7 Å². The fraction of sp³-hybridized carbons (Fsp3) is 0.0625. The summed E-state index contributed by atoms with van der Waals surface area (Å²) in [5.74, 6) is -1.42. The lowest BCUT2D eigenvalue weighted by Crippen LogP contribution is -2.34. The van der Waals surface area contributed by atoms with Crippen molar-refractivity contribution in [2.75, 3.05) is 5.32 Å². The molecule has 2 aromatic rings. The molecule has 2 amide bonds. The first kappa shape index (κ1) is 15.6. The van der Waals surface area contributed by atoms with Crippen molar-refractivity contribution >= 4 is 29.3 Å². The van der Waals surface area contributed by atoms with Gasteiger partial charge in [-0.3, -0.25) is 9.59 Å². The molecule has 0 heterocycles. The summed E-state index contributed by atoms with van der Waals surface area (Å²) < 4.78 is 0. The molecule has 0 bridgehead atoms. The Morgan fingerprint density at radius 3 is 2.32 bits per heavy atom. The van der Waals surface area contributed by atoms with Crippen LogP contribution < -0.4 is 10.6 Å². The number of hydrogen-bond donors (Lipinski definition) is 2. The van der Waals surface area contributed by atoms with Crippen LogP contribution in [0.15, 0.2) is 59.5 Å². The van der Waals surface area contributed by atoms with Crippen LogP contribution in [-0.4, -0.2) is 11.8 Å². The van der Waals surface area contributed by atoms with E-state index < -0.39 is 11.8 Å². The first-order chi connectivity index (χ1) is 10.7. The van der Waals surface area contributed by atoms with E-state index in [-0.39, 0.29) is 0 Å². The van der Waals surface area contributed by atoms with Crippen LogP contribution in [0.2, 0.25) is 0 Å². The van der Waals surface area contributed by atoms with Gasteiger partial charge in [0.05, 0.1) is 0 Å². The van der Waals surface area contributed by atoms with Crippen LogP contribution in [0.5, 0.6) is 0 Å². The van der Waals surface area contributed by atoms with Crippen molar-refractivity contribution in [1.82, 2.24) is 5.32 Å². The highest BCUT2D eigenvalue weighted by Gasteiger charge is 2.13. The molecule has 0 aromatic heterocycles. The van der Waals surface area contributed by atoms with Crippen molar-refractivity contribution in [1.29, 1.82) is 5.26 Å². The highest BCUT2D eigenvalue weighted by atomic mass is 32.2. The summed E-state index contributed by atoms with van der Waals surface area (Å²) >= 11 is 1.03. The smallest absolute Gasteiger partial charge is 0.313 e. The van der Waals surface area contributed by atoms with Crippen molar-refractivity contribution in [3.8, 4) is 5.40 Å². The van der Waals surface area contributed by atoms with Gasteiger partial charge in [0.1, 0.15) is 5.40 Å². The molecule has 0 saturated carbocycles. The quantitative estimate of drug-likeness (QED) is 0.516. The molecule has 0 saturated heterocycles. The number of carbonyl (C=O) groups is 2. The summed E-state index contributed by atoms with van der Waals surface area (Å²) in [6, 6.07) is 16.0. The molecule has 22 heavy (non-hydrogen) atoms. The number of thiocyanates is 1. The summed E-state index contributed by atoms with van der Waals surface area (Å²) in [5.41, 5.74) is 1.42. The van der Waals surface area contributed by atoms with E-state index in [0.717, 1.165) is 22.2 Å². The van der Waals surface area contributed by atoms with Crippen LogP contribution >= 0.6 is 11.8 Å². The summed E-state index contributed by atoms with van der Waals surface area (Å²) in [6.07, 6.45) is 0. The van der Waals surface area contributed by atoms with Gasteiger partial charge in [-0.15, -0.1) is 0 Å². The monoisotopic (exact) mass is 311 g/mol. The van der Waals surface area contributed by atoms with Gasteiger partial charge in [-0.2, -0.15) is 5.26 Å². The Hall–Kier alpha value is -2.78. The molecule has 0 aliphatic carbocycles. The minimum atomic E-state index is -0.725. The summed E-state index contributed by atoms with van der Waals surface area (Å²) in [4.78, 5) is 24.3. The average molecular weight is 311 g/mol. The number of nitriles is 1. The second-order valence-corrected chi connectivity index (χ2v) is 5.20. The van der Waals surface area contributed by atoms with E-state index in [0.29, 0.717) is 12.2 Å². The molecule has 0 aliphatic rings. The number of carbonyl (C=O) groups excluding carboxylic acids is 2. The van der Waals surface area contributed by atoms with E-state index in [2.05, 4.69) is 10.6 Å². The maximum absolute atomic E-state index is 11.8. The predicted molar refractivity (Wildman–Crippen MR) is 84.8 cm³/mol. The lowest BCUT2D eigenvalue weighted by atomic mass is 10.2. The molecular formula is C16H13N3O2S. The normalized spacial score (nSPS) is 9.59. The standard InChI is InChI=1S/C16H13N3O2S/c17-11-22-14-8-6-13(7-9-14)19-16(21)15(20)18-10-12-4-2-1-3-5-12/h1-9H,10H2,(H,18,20)(H,19,21). The SMILES string of the molecule is N#CSc1ccc(NC(=O)C(=O)NCc2ccccc2)cc1. The molecule has 0 radical (unpaired) electrons. The Kier molecular flexibility index (Phi) is 5.57. The second-order valence-electron chi connectivity index (χ2n) is 4.34. The van der Waals surface area contributed by atoms with Gasteiger partial charge in [0.2, 0.25) is 0 Å². The Morgan fingerprint density at radius 1 is 1.00 bits per heavy atom. The van der Waals surface area contributed by atoms with Gasteiger partial charge in [0, 0.05) is 17.1 Å². The Bertz CT molecular complexity index is 694. The molecule has 0 spiro atoms. The van der Waals surface area contributed by atoms with Crippen molar-refractivity contribution in [3.05, 3.63) is 60.2 Å². The zero-order chi connectivity index (χ0) is 15.8. The van der Waals surface area contributed by atoms with Gasteiger partial charge in [-0.1, -0.05) is 30.3 Å². The second kappa shape index (κ2) is 7.86. The van der Waals surface area contributed by atoms with Crippen molar-refractivity contribution in [2.45, 2.75) is 11.4 Å². The van der Waals surface area contributed by atoms with E-state index in [1.807, 2.05) is 35.7 Å². The van der Waals surface area contributed by atoms with Crippen LogP contribution in [0.25, 0.3) is 0 Å². The van der Waals surface area contributed by atoms with Crippen LogP contribution in [0.1, 0.15) is 5.56 Å². The molecule has 0 atom stereocenters. The third kappa shape index (κ3) is 4.65. The van der Waals surface area contributed by atoms with Crippen LogP contribution in [-0.2, 0) is 16.1 Å². The van der Waals surface area contributed by atoms with E-state index in [1.165, 1.54) is 0 Å². The number of benzene rings is 2. The van der Waals surface area contributed by atoms with E-state index in [1.54, 1.807) is 24.3 Å². The zero-order valence-corrected chi connectivity index (χ0v) is 12.4. The third-order valence-corrected chi connectivity index (χ3v) is 3.38. The van der Waals surface area contributed by atoms with Gasteiger partial charge >= 0.3 is 11.8 Å². The molecular weight excluding hydrogens is 298 g/mol. The summed E-state index contributed by atoms with van der Waals surface area (Å²) in [5, 5.41) is 15.6. The Balaban J connectivity index is 1.86. The zero-order valence-electron chi connectivity index (χ0n) is 11.6. The summed E-state index contributed by atoms with van der Waals surface area (Å²) in [7, 11) is 0. The largest absolute Gasteiger partial charge is 0.344 e. The lowest BCUT2D eigenvalue weighted by molar-refractivity contribution is -0.136. The topological polar surface area (TPSA) is 82.0 Å². The molecule has 0 fully saturated rings. The first-order valence-corrected chi connectivity index (χ1v) is 7.30. The number of hydrogen-bond acceptors (Lipinski definition) is 4. The highest BCUT2D eigenvalue weighted by Crippen LogP contribution is 2.18. The summed E-state index contributed by atoms with van der Waals surface area (Å²) in [6.45, 7) is 0.296. The number of nitrogens with zero attached hydrogens (tertiary/aromatic N) is 1. The van der Waals surface area contributed by atoms with Gasteiger partial charge in [0.25, 0.3) is 0 Å². The molecule has 5 nitrogen and oxygen atoms in total. The van der Waals surface area contributed by atoms with Crippen LogP contribution in [0.4, 0.5) is 5.69 Å². The average Bonchev–Trinajstić information content (AvgIpc) is 2.55. The van der Waals surface area contributed by atoms with Crippen LogP contribution in [0.3, 0.4) is 0 Å². The third-order valence-electron chi connectivity index (χ3n) is 2.78. The molecule has 6 heteroatoms. The fourth-order valence-electron chi connectivity index (χ4n) is 1.71. The fourth-order valence-corrected chi connectivity index (χ4v) is 2.08. The molecule has 110 valence electrons. The lowest BCUT2D eigenvalue weighted by Gasteiger charge is -2.07. The number of amides is 2. The van der Waals surface area contributed by atoms with Crippen molar-refractivity contribution in [2.24, 2.45) is 0 Å². The predicted octanol–water partition coefficient (Wildman–Crippen LogP) is 2.51. The minimum absolute atomic E-state index is 0.296. The molecule has 2 rings (SSSR count). The molecule has 0 unspecified atom stereocenters. The van der Waals surface area contributed by atoms with E-state index >= 15 is 0 Å². The maximum atomic E-state index is 11.8. The molecule has 2 aromatic carbocycles. The number of thioether (sulfide) groups is 1. The van der Waals surface area contributed by atoms with Gasteiger partial charge < -0.3 is 10.6 Å². The first-order valence-electron chi connectivity index (χ1n) is 6.48. The van der Waals surface area contributed by atoms with E-state index in [4.69, 9.17) is 5.26 Å². The Morgan fingerprint density at radius 2 is 1.68 bits per heavy atom. The number of rotatable bonds is 4. The number of anilines is 1.